The monoisotopic (exact) mass is 233 g/mol. The van der Waals surface area contributed by atoms with Gasteiger partial charge in [0.15, 0.2) is 11.9 Å². The van der Waals surface area contributed by atoms with Crippen LogP contribution < -0.4 is 15.9 Å². The number of anilines is 1. The van der Waals surface area contributed by atoms with E-state index in [1.807, 2.05) is 0 Å². The number of benzene rings is 1. The Kier molecular flexibility index (Phi) is 3.10. The van der Waals surface area contributed by atoms with E-state index < -0.39 is 12.1 Å². The zero-order valence-electron chi connectivity index (χ0n) is 9.12. The number of ether oxygens (including phenoxy) is 1. The second-order valence-corrected chi connectivity index (χ2v) is 3.31. The molecule has 0 aromatic heterocycles. The van der Waals surface area contributed by atoms with Crippen LogP contribution in [0.25, 0.3) is 0 Å². The van der Waals surface area contributed by atoms with Crippen LogP contribution in [0.1, 0.15) is 0 Å². The first kappa shape index (κ1) is 11.2. The van der Waals surface area contributed by atoms with Crippen molar-refractivity contribution in [3.05, 3.63) is 24.3 Å². The highest BCUT2D eigenvalue weighted by atomic mass is 16.5. The summed E-state index contributed by atoms with van der Waals surface area (Å²) in [5.41, 5.74) is 9.00. The number of azo groups is 1. The van der Waals surface area contributed by atoms with E-state index in [-0.39, 0.29) is 5.71 Å². The predicted molar refractivity (Wildman–Crippen MR) is 61.9 cm³/mol. The quantitative estimate of drug-likeness (QED) is 0.751. The highest BCUT2D eigenvalue weighted by molar-refractivity contribution is 6.42. The Hall–Kier alpha value is -2.28. The van der Waals surface area contributed by atoms with E-state index in [4.69, 9.17) is 10.5 Å². The fourth-order valence-electron chi connectivity index (χ4n) is 1.28. The van der Waals surface area contributed by atoms with Crippen molar-refractivity contribution in [1.82, 2.24) is 0 Å². The number of rotatable bonds is 3. The standard InChI is InChI=1S/C10H11N5O2/c1-17-7-4-2-3-6(5-7)12-13-8-9(11)14-15-10(8)16/h2-5,9,12H,11H2,1H3/b13-8+. The van der Waals surface area contributed by atoms with E-state index in [0.29, 0.717) is 11.4 Å². The molecule has 0 saturated heterocycles. The maximum atomic E-state index is 11.2. The average molecular weight is 233 g/mol. The third kappa shape index (κ3) is 2.45. The number of carbonyl (C=O) groups excluding carboxylic acids is 1. The molecule has 0 spiro atoms. The van der Waals surface area contributed by atoms with Gasteiger partial charge in [-0.15, -0.1) is 5.11 Å². The summed E-state index contributed by atoms with van der Waals surface area (Å²) >= 11 is 0. The van der Waals surface area contributed by atoms with Gasteiger partial charge in [0.25, 0.3) is 0 Å². The van der Waals surface area contributed by atoms with Crippen molar-refractivity contribution in [3.63, 3.8) is 0 Å². The van der Waals surface area contributed by atoms with E-state index in [2.05, 4.69) is 20.8 Å². The Morgan fingerprint density at radius 1 is 1.53 bits per heavy atom. The molecular weight excluding hydrogens is 222 g/mol. The normalized spacial score (nSPS) is 20.9. The lowest BCUT2D eigenvalue weighted by Crippen LogP contribution is -2.29. The number of nitrogens with zero attached hydrogens (tertiary/aromatic N) is 3. The first-order valence-corrected chi connectivity index (χ1v) is 4.89. The van der Waals surface area contributed by atoms with Gasteiger partial charge in [-0.2, -0.15) is 10.2 Å². The van der Waals surface area contributed by atoms with Crippen LogP contribution in [0.3, 0.4) is 0 Å². The number of nitrogens with one attached hydrogen (secondary N) is 1. The van der Waals surface area contributed by atoms with Gasteiger partial charge in [0.2, 0.25) is 0 Å². The van der Waals surface area contributed by atoms with Crippen LogP contribution >= 0.6 is 0 Å². The van der Waals surface area contributed by atoms with Crippen LogP contribution in [0.15, 0.2) is 39.6 Å². The molecule has 88 valence electrons. The van der Waals surface area contributed by atoms with Gasteiger partial charge in [-0.05, 0) is 12.1 Å². The summed E-state index contributed by atoms with van der Waals surface area (Å²) in [6.07, 6.45) is -0.791. The summed E-state index contributed by atoms with van der Waals surface area (Å²) in [5, 5.41) is 10.7. The van der Waals surface area contributed by atoms with Crippen LogP contribution in [-0.2, 0) is 4.79 Å². The molecule has 1 aliphatic rings. The Bertz CT molecular complexity index is 497. The summed E-state index contributed by atoms with van der Waals surface area (Å²) < 4.78 is 5.05. The molecule has 0 bridgehead atoms. The molecule has 0 saturated carbocycles. The summed E-state index contributed by atoms with van der Waals surface area (Å²) in [6.45, 7) is 0. The minimum Gasteiger partial charge on any atom is -0.497 e. The minimum absolute atomic E-state index is 0.0906. The summed E-state index contributed by atoms with van der Waals surface area (Å²) in [4.78, 5) is 11.2. The lowest BCUT2D eigenvalue weighted by atomic mass is 10.3. The summed E-state index contributed by atoms with van der Waals surface area (Å²) in [7, 11) is 1.57. The molecule has 0 aliphatic carbocycles. The molecule has 1 aromatic carbocycles. The topological polar surface area (TPSA) is 101 Å². The first-order chi connectivity index (χ1) is 8.20. The lowest BCUT2D eigenvalue weighted by molar-refractivity contribution is -0.111. The molecule has 1 unspecified atom stereocenters. The Morgan fingerprint density at radius 3 is 3.00 bits per heavy atom. The fraction of sp³-hybridized carbons (Fsp3) is 0.200. The van der Waals surface area contributed by atoms with Crippen molar-refractivity contribution in [2.75, 3.05) is 12.5 Å². The minimum atomic E-state index is -0.791. The van der Waals surface area contributed by atoms with Crippen molar-refractivity contribution in [1.29, 1.82) is 0 Å². The van der Waals surface area contributed by atoms with Crippen LogP contribution in [0, 0.1) is 0 Å². The van der Waals surface area contributed by atoms with Crippen molar-refractivity contribution >= 4 is 17.3 Å². The second kappa shape index (κ2) is 4.71. The number of carbonyl (C=O) groups is 1. The number of amides is 1. The lowest BCUT2D eigenvalue weighted by Gasteiger charge is -2.04. The second-order valence-electron chi connectivity index (χ2n) is 3.31. The number of nitrogens with two attached hydrogens (primary N) is 1. The SMILES string of the molecule is COc1cccc(N/N=C2/C(=O)N=NC2N)c1. The van der Waals surface area contributed by atoms with Crippen molar-refractivity contribution in [2.24, 2.45) is 21.1 Å². The molecule has 1 amide bonds. The summed E-state index contributed by atoms with van der Waals surface area (Å²) in [5.74, 6) is 0.166. The van der Waals surface area contributed by atoms with E-state index in [0.717, 1.165) is 0 Å². The first-order valence-electron chi connectivity index (χ1n) is 4.89. The van der Waals surface area contributed by atoms with Crippen LogP contribution in [-0.4, -0.2) is 24.9 Å². The van der Waals surface area contributed by atoms with Gasteiger partial charge in [0.05, 0.1) is 12.8 Å². The zero-order valence-corrected chi connectivity index (χ0v) is 9.12. The van der Waals surface area contributed by atoms with Gasteiger partial charge in [0, 0.05) is 6.07 Å². The average Bonchev–Trinajstić information content (AvgIpc) is 2.67. The maximum absolute atomic E-state index is 11.2. The highest BCUT2D eigenvalue weighted by Gasteiger charge is 2.25. The van der Waals surface area contributed by atoms with Gasteiger partial charge in [-0.25, -0.2) is 0 Å². The number of methoxy groups -OCH3 is 1. The molecule has 17 heavy (non-hydrogen) atoms. The molecule has 2 rings (SSSR count). The summed E-state index contributed by atoms with van der Waals surface area (Å²) in [6, 6.07) is 7.12. The number of hydrogen-bond acceptors (Lipinski definition) is 6. The van der Waals surface area contributed by atoms with Gasteiger partial charge < -0.3 is 10.5 Å². The largest absolute Gasteiger partial charge is 0.497 e. The molecule has 7 nitrogen and oxygen atoms in total. The molecular formula is C10H11N5O2. The van der Waals surface area contributed by atoms with Crippen molar-refractivity contribution in [2.45, 2.75) is 6.17 Å². The third-order valence-electron chi connectivity index (χ3n) is 2.15. The molecule has 7 heteroatoms. The Labute approximate surface area is 97.4 Å². The van der Waals surface area contributed by atoms with Gasteiger partial charge in [0.1, 0.15) is 5.75 Å². The van der Waals surface area contributed by atoms with Gasteiger partial charge in [-0.3, -0.25) is 10.2 Å². The van der Waals surface area contributed by atoms with Gasteiger partial charge >= 0.3 is 5.91 Å². The number of hydrogen-bond donors (Lipinski definition) is 2. The van der Waals surface area contributed by atoms with E-state index in [1.54, 1.807) is 31.4 Å². The molecule has 1 aliphatic heterocycles. The zero-order chi connectivity index (χ0) is 12.3. The smallest absolute Gasteiger partial charge is 0.315 e. The molecule has 3 N–H and O–H groups in total. The van der Waals surface area contributed by atoms with E-state index in [9.17, 15) is 4.79 Å². The Balaban J connectivity index is 2.11. The van der Waals surface area contributed by atoms with Crippen LogP contribution in [0.2, 0.25) is 0 Å². The predicted octanol–water partition coefficient (Wildman–Crippen LogP) is 0.740. The number of hydrazone groups is 1. The maximum Gasteiger partial charge on any atom is 0.315 e. The highest BCUT2D eigenvalue weighted by Crippen LogP contribution is 2.16. The van der Waals surface area contributed by atoms with Crippen LogP contribution in [0.4, 0.5) is 5.69 Å². The van der Waals surface area contributed by atoms with Crippen molar-refractivity contribution < 1.29 is 9.53 Å². The van der Waals surface area contributed by atoms with Gasteiger partial charge in [-0.1, -0.05) is 6.07 Å². The molecule has 1 heterocycles. The molecule has 1 aromatic rings. The third-order valence-corrected chi connectivity index (χ3v) is 2.15. The Morgan fingerprint density at radius 2 is 2.35 bits per heavy atom. The molecule has 1 atom stereocenters. The molecule has 0 fully saturated rings. The molecule has 0 radical (unpaired) electrons. The van der Waals surface area contributed by atoms with E-state index in [1.165, 1.54) is 0 Å². The van der Waals surface area contributed by atoms with Crippen LogP contribution in [0.5, 0.6) is 5.75 Å². The fourth-order valence-corrected chi connectivity index (χ4v) is 1.28. The van der Waals surface area contributed by atoms with E-state index >= 15 is 0 Å². The van der Waals surface area contributed by atoms with Crippen molar-refractivity contribution in [3.8, 4) is 5.75 Å².